The summed E-state index contributed by atoms with van der Waals surface area (Å²) in [6, 6.07) is 11.4. The average Bonchev–Trinajstić information content (AvgIpc) is 2.69. The molecule has 0 atom stereocenters. The molecule has 1 amide bonds. The second-order valence-electron chi connectivity index (χ2n) is 5.93. The number of aromatic nitrogens is 2. The van der Waals surface area contributed by atoms with Gasteiger partial charge in [-0.2, -0.15) is 0 Å². The Labute approximate surface area is 155 Å². The summed E-state index contributed by atoms with van der Waals surface area (Å²) in [7, 11) is 0. The number of hydrogen-bond donors (Lipinski definition) is 1. The fourth-order valence-electron chi connectivity index (χ4n) is 2.46. The summed E-state index contributed by atoms with van der Waals surface area (Å²) in [5.74, 6) is -0.970. The van der Waals surface area contributed by atoms with Gasteiger partial charge in [0.2, 0.25) is 0 Å². The van der Waals surface area contributed by atoms with Crippen molar-refractivity contribution in [2.24, 2.45) is 0 Å². The second kappa shape index (κ2) is 8.27. The number of anilines is 1. The van der Waals surface area contributed by atoms with Crippen LogP contribution in [0.1, 0.15) is 40.5 Å². The van der Waals surface area contributed by atoms with E-state index in [1.165, 1.54) is 10.6 Å². The van der Waals surface area contributed by atoms with Gasteiger partial charge < -0.3 is 10.1 Å². The Morgan fingerprint density at radius 1 is 1.15 bits per heavy atom. The van der Waals surface area contributed by atoms with Crippen molar-refractivity contribution in [1.82, 2.24) is 9.38 Å². The van der Waals surface area contributed by atoms with Gasteiger partial charge in [0.15, 0.2) is 0 Å². The predicted molar refractivity (Wildman–Crippen MR) is 101 cm³/mol. The molecule has 0 bridgehead atoms. The number of carbonyl (C=O) groups is 2. The molecule has 138 valence electrons. The maximum atomic E-state index is 12.4. The number of nitrogens with zero attached hydrogens (tertiary/aromatic N) is 2. The Balaban J connectivity index is 1.72. The van der Waals surface area contributed by atoms with E-state index < -0.39 is 17.4 Å². The molecule has 0 aliphatic rings. The fourth-order valence-corrected chi connectivity index (χ4v) is 2.46. The highest BCUT2D eigenvalue weighted by atomic mass is 16.5. The van der Waals surface area contributed by atoms with Gasteiger partial charge in [-0.15, -0.1) is 0 Å². The molecule has 7 nitrogen and oxygen atoms in total. The zero-order valence-corrected chi connectivity index (χ0v) is 14.8. The van der Waals surface area contributed by atoms with Crippen LogP contribution in [0.3, 0.4) is 0 Å². The number of esters is 1. The molecule has 0 aliphatic carbocycles. The first-order valence-corrected chi connectivity index (χ1v) is 8.65. The number of hydrogen-bond acceptors (Lipinski definition) is 5. The van der Waals surface area contributed by atoms with Gasteiger partial charge in [0.25, 0.3) is 11.5 Å². The van der Waals surface area contributed by atoms with Gasteiger partial charge >= 0.3 is 5.97 Å². The van der Waals surface area contributed by atoms with Gasteiger partial charge in [-0.1, -0.05) is 19.4 Å². The fraction of sp³-hybridized carbons (Fsp3) is 0.200. The highest BCUT2D eigenvalue weighted by Gasteiger charge is 2.14. The van der Waals surface area contributed by atoms with Gasteiger partial charge in [-0.3, -0.25) is 14.0 Å². The van der Waals surface area contributed by atoms with Crippen LogP contribution in [0, 0.1) is 0 Å². The van der Waals surface area contributed by atoms with Crippen LogP contribution in [0.4, 0.5) is 5.69 Å². The Hall–Kier alpha value is -3.48. The molecule has 0 aliphatic heterocycles. The number of carbonyl (C=O) groups excluding carboxylic acids is 2. The lowest BCUT2D eigenvalue weighted by atomic mass is 10.2. The number of nitrogens with one attached hydrogen (secondary N) is 1. The molecule has 2 aromatic heterocycles. The molecule has 7 heteroatoms. The highest BCUT2D eigenvalue weighted by molar-refractivity contribution is 6.04. The third kappa shape index (κ3) is 4.20. The smallest absolute Gasteiger partial charge is 0.338 e. The van der Waals surface area contributed by atoms with E-state index in [9.17, 15) is 14.4 Å². The van der Waals surface area contributed by atoms with E-state index in [1.54, 1.807) is 48.7 Å². The number of rotatable bonds is 6. The van der Waals surface area contributed by atoms with Crippen LogP contribution in [-0.4, -0.2) is 27.9 Å². The summed E-state index contributed by atoms with van der Waals surface area (Å²) < 4.78 is 6.45. The zero-order chi connectivity index (χ0) is 19.2. The largest absolute Gasteiger partial charge is 0.462 e. The number of pyridine rings is 1. The van der Waals surface area contributed by atoms with Crippen molar-refractivity contribution in [1.29, 1.82) is 0 Å². The Kier molecular flexibility index (Phi) is 5.61. The van der Waals surface area contributed by atoms with Crippen molar-refractivity contribution in [2.45, 2.75) is 19.8 Å². The van der Waals surface area contributed by atoms with E-state index in [4.69, 9.17) is 4.74 Å². The van der Waals surface area contributed by atoms with Gasteiger partial charge in [-0.25, -0.2) is 9.78 Å². The zero-order valence-electron chi connectivity index (χ0n) is 14.8. The third-order valence-electron chi connectivity index (χ3n) is 3.97. The van der Waals surface area contributed by atoms with Crippen molar-refractivity contribution in [3.8, 4) is 0 Å². The molecular formula is C20H19N3O4. The third-order valence-corrected chi connectivity index (χ3v) is 3.97. The molecule has 0 fully saturated rings. The number of unbranched alkanes of at least 4 members (excludes halogenated alkanes) is 1. The van der Waals surface area contributed by atoms with E-state index >= 15 is 0 Å². The summed E-state index contributed by atoms with van der Waals surface area (Å²) in [5, 5.41) is 2.64. The van der Waals surface area contributed by atoms with E-state index in [0.29, 0.717) is 23.5 Å². The van der Waals surface area contributed by atoms with E-state index in [2.05, 4.69) is 10.3 Å². The number of benzene rings is 1. The molecule has 0 spiro atoms. The SMILES string of the molecule is CCCCOC(=O)c1ccc(NC(=O)c2cnc3ccccn3c2=O)cc1. The first-order chi connectivity index (χ1) is 13.1. The average molecular weight is 365 g/mol. The highest BCUT2D eigenvalue weighted by Crippen LogP contribution is 2.12. The lowest BCUT2D eigenvalue weighted by Crippen LogP contribution is -2.26. The molecule has 2 heterocycles. The summed E-state index contributed by atoms with van der Waals surface area (Å²) in [6.07, 6.45) is 4.57. The van der Waals surface area contributed by atoms with Gasteiger partial charge in [0.1, 0.15) is 11.2 Å². The molecule has 3 rings (SSSR count). The predicted octanol–water partition coefficient (Wildman–Crippen LogP) is 2.90. The molecular weight excluding hydrogens is 346 g/mol. The number of ether oxygens (including phenoxy) is 1. The van der Waals surface area contributed by atoms with Gasteiger partial charge in [-0.05, 0) is 42.8 Å². The van der Waals surface area contributed by atoms with Crippen molar-refractivity contribution in [3.05, 3.63) is 76.3 Å². The van der Waals surface area contributed by atoms with Crippen molar-refractivity contribution in [3.63, 3.8) is 0 Å². The summed E-state index contributed by atoms with van der Waals surface area (Å²) in [5.41, 5.74) is 0.806. The molecule has 1 N–H and O–H groups in total. The normalized spacial score (nSPS) is 10.6. The van der Waals surface area contributed by atoms with Crippen LogP contribution in [0.5, 0.6) is 0 Å². The molecule has 0 saturated carbocycles. The number of fused-ring (bicyclic) bond motifs is 1. The molecule has 27 heavy (non-hydrogen) atoms. The second-order valence-corrected chi connectivity index (χ2v) is 5.93. The first kappa shape index (κ1) is 18.3. The molecule has 0 radical (unpaired) electrons. The van der Waals surface area contributed by atoms with Crippen LogP contribution in [0.15, 0.2) is 59.7 Å². The van der Waals surface area contributed by atoms with Crippen molar-refractivity contribution < 1.29 is 14.3 Å². The Morgan fingerprint density at radius 3 is 2.67 bits per heavy atom. The lowest BCUT2D eigenvalue weighted by molar-refractivity contribution is 0.0499. The monoisotopic (exact) mass is 365 g/mol. The molecule has 1 aromatic carbocycles. The molecule has 3 aromatic rings. The minimum absolute atomic E-state index is 0.0678. The first-order valence-electron chi connectivity index (χ1n) is 8.65. The van der Waals surface area contributed by atoms with Gasteiger partial charge in [0.05, 0.1) is 12.2 Å². The van der Waals surface area contributed by atoms with Crippen LogP contribution >= 0.6 is 0 Å². The lowest BCUT2D eigenvalue weighted by Gasteiger charge is -2.07. The maximum Gasteiger partial charge on any atom is 0.338 e. The van der Waals surface area contributed by atoms with E-state index in [0.717, 1.165) is 12.8 Å². The summed E-state index contributed by atoms with van der Waals surface area (Å²) in [6.45, 7) is 2.40. The van der Waals surface area contributed by atoms with Crippen molar-refractivity contribution in [2.75, 3.05) is 11.9 Å². The van der Waals surface area contributed by atoms with Crippen LogP contribution in [0.25, 0.3) is 5.65 Å². The topological polar surface area (TPSA) is 89.8 Å². The van der Waals surface area contributed by atoms with Crippen molar-refractivity contribution >= 4 is 23.2 Å². The molecule has 0 unspecified atom stereocenters. The Morgan fingerprint density at radius 2 is 1.93 bits per heavy atom. The Bertz CT molecular complexity index is 1030. The maximum absolute atomic E-state index is 12.4. The quantitative estimate of drug-likeness (QED) is 0.536. The van der Waals surface area contributed by atoms with E-state index in [-0.39, 0.29) is 5.56 Å². The minimum Gasteiger partial charge on any atom is -0.462 e. The number of amides is 1. The van der Waals surface area contributed by atoms with Crippen LogP contribution in [0.2, 0.25) is 0 Å². The minimum atomic E-state index is -0.566. The van der Waals surface area contributed by atoms with Gasteiger partial charge in [0, 0.05) is 18.1 Å². The summed E-state index contributed by atoms with van der Waals surface area (Å²) >= 11 is 0. The van der Waals surface area contributed by atoms with Crippen LogP contribution < -0.4 is 10.9 Å². The van der Waals surface area contributed by atoms with E-state index in [1.807, 2.05) is 6.92 Å². The standard InChI is InChI=1S/C20H19N3O4/c1-2-3-12-27-20(26)14-7-9-15(10-8-14)22-18(24)16-13-21-17-6-4-5-11-23(17)19(16)25/h4-11,13H,2-3,12H2,1H3,(H,22,24). The summed E-state index contributed by atoms with van der Waals surface area (Å²) in [4.78, 5) is 40.8. The van der Waals surface area contributed by atoms with Crippen LogP contribution in [-0.2, 0) is 4.74 Å². The molecule has 0 saturated heterocycles.